The summed E-state index contributed by atoms with van der Waals surface area (Å²) in [5, 5.41) is 29.6. The van der Waals surface area contributed by atoms with Gasteiger partial charge in [0.15, 0.2) is 5.69 Å². The average molecular weight is 246 g/mol. The molecule has 0 aliphatic heterocycles. The maximum atomic E-state index is 10.6. The van der Waals surface area contributed by atoms with Gasteiger partial charge in [0.25, 0.3) is 0 Å². The van der Waals surface area contributed by atoms with Crippen molar-refractivity contribution in [3.63, 3.8) is 0 Å². The molecule has 1 aromatic heterocycles. The Labute approximate surface area is 96.4 Å². The summed E-state index contributed by atoms with van der Waals surface area (Å²) in [5.74, 6) is -1.15. The normalized spacial score (nSPS) is 18.8. The molecule has 7 heteroatoms. The third-order valence-corrected chi connectivity index (χ3v) is 3.41. The van der Waals surface area contributed by atoms with Crippen molar-refractivity contribution >= 4 is 17.3 Å². The standard InChI is InChI=1S/C9H14N2O4S/c1-4(12)9(2,15)6(10)7-11-5(3-16-7)8(13)14/h3-4,6,12,15H,10H2,1-2H3,(H,13,14). The van der Waals surface area contributed by atoms with Crippen molar-refractivity contribution in [1.82, 2.24) is 4.98 Å². The molecule has 0 aromatic carbocycles. The minimum absolute atomic E-state index is 0.114. The van der Waals surface area contributed by atoms with Crippen LogP contribution >= 0.6 is 11.3 Å². The van der Waals surface area contributed by atoms with Gasteiger partial charge in [-0.05, 0) is 13.8 Å². The van der Waals surface area contributed by atoms with Gasteiger partial charge >= 0.3 is 5.97 Å². The molecule has 5 N–H and O–H groups in total. The van der Waals surface area contributed by atoms with E-state index in [-0.39, 0.29) is 10.7 Å². The Hall–Kier alpha value is -1.02. The predicted octanol–water partition coefficient (Wildman–Crippen LogP) is -0.0271. The van der Waals surface area contributed by atoms with Gasteiger partial charge in [-0.3, -0.25) is 0 Å². The molecule has 1 heterocycles. The fourth-order valence-electron chi connectivity index (χ4n) is 1.04. The molecule has 0 fully saturated rings. The molecule has 90 valence electrons. The maximum absolute atomic E-state index is 10.6. The molecule has 0 saturated carbocycles. The van der Waals surface area contributed by atoms with Gasteiger partial charge in [0.2, 0.25) is 0 Å². The van der Waals surface area contributed by atoms with Crippen molar-refractivity contribution < 1.29 is 20.1 Å². The van der Waals surface area contributed by atoms with Crippen molar-refractivity contribution in [2.24, 2.45) is 5.73 Å². The van der Waals surface area contributed by atoms with Crippen LogP contribution in [0.15, 0.2) is 5.38 Å². The largest absolute Gasteiger partial charge is 0.476 e. The molecule has 3 unspecified atom stereocenters. The van der Waals surface area contributed by atoms with Crippen LogP contribution in [0, 0.1) is 0 Å². The third-order valence-electron chi connectivity index (χ3n) is 2.48. The second-order valence-corrected chi connectivity index (χ2v) is 4.65. The Kier molecular flexibility index (Phi) is 3.64. The van der Waals surface area contributed by atoms with Crippen LogP contribution in [-0.2, 0) is 0 Å². The van der Waals surface area contributed by atoms with Crippen LogP contribution in [-0.4, -0.2) is 38.0 Å². The molecule has 16 heavy (non-hydrogen) atoms. The number of aliphatic hydroxyl groups excluding tert-OH is 1. The SMILES string of the molecule is CC(O)C(C)(O)C(N)c1nc(C(=O)O)cs1. The van der Waals surface area contributed by atoms with Crippen LogP contribution in [0.3, 0.4) is 0 Å². The molecule has 0 radical (unpaired) electrons. The average Bonchev–Trinajstić information content (AvgIpc) is 2.64. The molecule has 1 aromatic rings. The highest BCUT2D eigenvalue weighted by Gasteiger charge is 2.37. The Bertz CT molecular complexity index is 389. The van der Waals surface area contributed by atoms with Gasteiger partial charge < -0.3 is 21.1 Å². The number of aromatic nitrogens is 1. The minimum atomic E-state index is -1.55. The zero-order valence-electron chi connectivity index (χ0n) is 8.91. The van der Waals surface area contributed by atoms with E-state index in [0.717, 1.165) is 11.3 Å². The van der Waals surface area contributed by atoms with Crippen LogP contribution in [0.5, 0.6) is 0 Å². The number of aliphatic hydroxyl groups is 2. The Morgan fingerprint density at radius 1 is 1.69 bits per heavy atom. The summed E-state index contributed by atoms with van der Waals surface area (Å²) in [6.45, 7) is 2.79. The number of carboxylic acid groups (broad SMARTS) is 1. The van der Waals surface area contributed by atoms with E-state index in [2.05, 4.69) is 4.98 Å². The van der Waals surface area contributed by atoms with E-state index in [1.165, 1.54) is 19.2 Å². The molecule has 0 bridgehead atoms. The molecular formula is C9H14N2O4S. The highest BCUT2D eigenvalue weighted by Crippen LogP contribution is 2.28. The third kappa shape index (κ3) is 2.38. The highest BCUT2D eigenvalue weighted by molar-refractivity contribution is 7.09. The summed E-state index contributed by atoms with van der Waals surface area (Å²) >= 11 is 1.04. The number of nitrogens with two attached hydrogens (primary N) is 1. The molecule has 0 amide bonds. The lowest BCUT2D eigenvalue weighted by Crippen LogP contribution is -2.47. The number of nitrogens with zero attached hydrogens (tertiary/aromatic N) is 1. The molecule has 0 aliphatic rings. The molecule has 6 nitrogen and oxygen atoms in total. The van der Waals surface area contributed by atoms with Crippen molar-refractivity contribution in [2.45, 2.75) is 31.6 Å². The Morgan fingerprint density at radius 2 is 2.25 bits per heavy atom. The number of aromatic carboxylic acids is 1. The second kappa shape index (κ2) is 4.46. The topological polar surface area (TPSA) is 117 Å². The maximum Gasteiger partial charge on any atom is 0.355 e. The molecule has 0 aliphatic carbocycles. The summed E-state index contributed by atoms with van der Waals surface area (Å²) < 4.78 is 0. The van der Waals surface area contributed by atoms with E-state index in [0.29, 0.717) is 0 Å². The number of rotatable bonds is 4. The van der Waals surface area contributed by atoms with Gasteiger partial charge in [-0.1, -0.05) is 0 Å². The van der Waals surface area contributed by atoms with E-state index in [1.807, 2.05) is 0 Å². The quantitative estimate of drug-likeness (QED) is 0.593. The number of carboxylic acids is 1. The summed E-state index contributed by atoms with van der Waals surface area (Å²) in [6.07, 6.45) is -1.04. The number of carbonyl (C=O) groups is 1. The molecular weight excluding hydrogens is 232 g/mol. The van der Waals surface area contributed by atoms with E-state index >= 15 is 0 Å². The lowest BCUT2D eigenvalue weighted by molar-refractivity contribution is -0.0701. The summed E-state index contributed by atoms with van der Waals surface area (Å²) in [5.41, 5.74) is 4.07. The number of thiazole rings is 1. The van der Waals surface area contributed by atoms with Gasteiger partial charge in [0.05, 0.1) is 12.1 Å². The first-order chi connectivity index (χ1) is 7.26. The Balaban J connectivity index is 2.96. The van der Waals surface area contributed by atoms with Crippen LogP contribution in [0.25, 0.3) is 0 Å². The van der Waals surface area contributed by atoms with E-state index < -0.39 is 23.7 Å². The fourth-order valence-corrected chi connectivity index (χ4v) is 1.96. The van der Waals surface area contributed by atoms with Crippen LogP contribution in [0.2, 0.25) is 0 Å². The lowest BCUT2D eigenvalue weighted by Gasteiger charge is -2.31. The monoisotopic (exact) mass is 246 g/mol. The molecule has 0 spiro atoms. The zero-order chi connectivity index (χ0) is 12.5. The van der Waals surface area contributed by atoms with Crippen LogP contribution < -0.4 is 5.73 Å². The number of hydrogen-bond acceptors (Lipinski definition) is 6. The first-order valence-electron chi connectivity index (χ1n) is 4.61. The van der Waals surface area contributed by atoms with E-state index in [9.17, 15) is 15.0 Å². The molecule has 3 atom stereocenters. The van der Waals surface area contributed by atoms with Gasteiger partial charge in [-0.2, -0.15) is 0 Å². The molecule has 0 saturated heterocycles. The first-order valence-corrected chi connectivity index (χ1v) is 5.49. The first kappa shape index (κ1) is 13.0. The van der Waals surface area contributed by atoms with Crippen molar-refractivity contribution in [3.05, 3.63) is 16.1 Å². The fraction of sp³-hybridized carbons (Fsp3) is 0.556. The van der Waals surface area contributed by atoms with Gasteiger partial charge in [0, 0.05) is 5.38 Å². The second-order valence-electron chi connectivity index (χ2n) is 3.76. The van der Waals surface area contributed by atoms with Gasteiger partial charge in [0.1, 0.15) is 10.6 Å². The zero-order valence-corrected chi connectivity index (χ0v) is 9.73. The van der Waals surface area contributed by atoms with Crippen molar-refractivity contribution in [1.29, 1.82) is 0 Å². The van der Waals surface area contributed by atoms with Crippen molar-refractivity contribution in [2.75, 3.05) is 0 Å². The smallest absolute Gasteiger partial charge is 0.355 e. The van der Waals surface area contributed by atoms with E-state index in [4.69, 9.17) is 10.8 Å². The van der Waals surface area contributed by atoms with Crippen LogP contribution in [0.4, 0.5) is 0 Å². The predicted molar refractivity (Wildman–Crippen MR) is 58.3 cm³/mol. The lowest BCUT2D eigenvalue weighted by atomic mass is 9.92. The summed E-state index contributed by atoms with van der Waals surface area (Å²) in [4.78, 5) is 14.4. The van der Waals surface area contributed by atoms with Gasteiger partial charge in [-0.15, -0.1) is 11.3 Å². The Morgan fingerprint density at radius 3 is 2.62 bits per heavy atom. The van der Waals surface area contributed by atoms with Gasteiger partial charge in [-0.25, -0.2) is 9.78 Å². The van der Waals surface area contributed by atoms with E-state index in [1.54, 1.807) is 0 Å². The minimum Gasteiger partial charge on any atom is -0.476 e. The van der Waals surface area contributed by atoms with Crippen molar-refractivity contribution in [3.8, 4) is 0 Å². The number of hydrogen-bond donors (Lipinski definition) is 4. The molecule has 1 rings (SSSR count). The summed E-state index contributed by atoms with van der Waals surface area (Å²) in [7, 11) is 0. The van der Waals surface area contributed by atoms with Crippen LogP contribution in [0.1, 0.15) is 35.4 Å². The summed E-state index contributed by atoms with van der Waals surface area (Å²) in [6, 6.07) is -0.925. The highest BCUT2D eigenvalue weighted by atomic mass is 32.1.